The van der Waals surface area contributed by atoms with E-state index in [-0.39, 0.29) is 30.4 Å². The van der Waals surface area contributed by atoms with Crippen LogP contribution in [-0.4, -0.2) is 19.1 Å². The highest BCUT2D eigenvalue weighted by molar-refractivity contribution is 5.85. The fourth-order valence-corrected chi connectivity index (χ4v) is 2.19. The molecule has 0 saturated carbocycles. The quantitative estimate of drug-likeness (QED) is 0.728. The molecule has 0 heterocycles. The summed E-state index contributed by atoms with van der Waals surface area (Å²) < 4.78 is 5.17. The second-order valence-corrected chi connectivity index (χ2v) is 5.55. The molecule has 0 spiro atoms. The molecular formula is C17H29ClN2O2. The number of hydrogen-bond donors (Lipinski definition) is 2. The normalized spacial score (nSPS) is 12.9. The number of unbranched alkanes of at least 4 members (excludes halogenated alkanes) is 1. The number of halogens is 1. The van der Waals surface area contributed by atoms with Crippen LogP contribution in [0, 0.1) is 0 Å². The van der Waals surface area contributed by atoms with Gasteiger partial charge in [-0.05, 0) is 37.5 Å². The van der Waals surface area contributed by atoms with Crippen molar-refractivity contribution < 1.29 is 9.53 Å². The minimum atomic E-state index is 0. The smallest absolute Gasteiger partial charge is 0.220 e. The van der Waals surface area contributed by atoms with Crippen molar-refractivity contribution in [1.82, 2.24) is 5.32 Å². The molecule has 0 radical (unpaired) electrons. The number of amides is 1. The Morgan fingerprint density at radius 2 is 1.91 bits per heavy atom. The van der Waals surface area contributed by atoms with Gasteiger partial charge in [0.25, 0.3) is 0 Å². The van der Waals surface area contributed by atoms with E-state index in [1.54, 1.807) is 7.11 Å². The predicted octanol–water partition coefficient (Wildman–Crippen LogP) is 3.59. The molecule has 0 fully saturated rings. The largest absolute Gasteiger partial charge is 0.497 e. The minimum Gasteiger partial charge on any atom is -0.497 e. The van der Waals surface area contributed by atoms with E-state index in [1.165, 1.54) is 0 Å². The van der Waals surface area contributed by atoms with E-state index in [0.717, 1.165) is 37.0 Å². The van der Waals surface area contributed by atoms with Gasteiger partial charge in [-0.3, -0.25) is 4.79 Å². The first kappa shape index (κ1) is 20.7. The van der Waals surface area contributed by atoms with Crippen LogP contribution in [0.2, 0.25) is 0 Å². The van der Waals surface area contributed by atoms with Crippen LogP contribution >= 0.6 is 12.4 Å². The zero-order valence-electron chi connectivity index (χ0n) is 13.8. The maximum absolute atomic E-state index is 12.0. The van der Waals surface area contributed by atoms with E-state index in [2.05, 4.69) is 12.2 Å². The third-order valence-electron chi connectivity index (χ3n) is 3.53. The van der Waals surface area contributed by atoms with Crippen molar-refractivity contribution in [3.05, 3.63) is 29.8 Å². The van der Waals surface area contributed by atoms with Gasteiger partial charge in [-0.15, -0.1) is 12.4 Å². The van der Waals surface area contributed by atoms with E-state index >= 15 is 0 Å². The molecule has 0 aliphatic rings. The van der Waals surface area contributed by atoms with Gasteiger partial charge < -0.3 is 15.8 Å². The van der Waals surface area contributed by atoms with E-state index < -0.39 is 0 Å². The molecule has 5 heteroatoms. The summed E-state index contributed by atoms with van der Waals surface area (Å²) in [5.41, 5.74) is 6.82. The van der Waals surface area contributed by atoms with Gasteiger partial charge in [0.15, 0.2) is 0 Å². The third-order valence-corrected chi connectivity index (χ3v) is 3.53. The zero-order chi connectivity index (χ0) is 15.7. The van der Waals surface area contributed by atoms with E-state index in [1.807, 2.05) is 31.2 Å². The Hall–Kier alpha value is -1.26. The summed E-state index contributed by atoms with van der Waals surface area (Å²) in [7, 11) is 1.65. The molecule has 126 valence electrons. The molecule has 0 aliphatic heterocycles. The summed E-state index contributed by atoms with van der Waals surface area (Å²) in [6.07, 6.45) is 4.35. The summed E-state index contributed by atoms with van der Waals surface area (Å²) in [5.74, 6) is 0.903. The van der Waals surface area contributed by atoms with Crippen LogP contribution in [0.3, 0.4) is 0 Å². The Balaban J connectivity index is 0.00000441. The summed E-state index contributed by atoms with van der Waals surface area (Å²) in [6, 6.07) is 8.03. The number of carbonyl (C=O) groups excluding carboxylic acids is 1. The van der Waals surface area contributed by atoms with Crippen LogP contribution in [0.4, 0.5) is 0 Å². The SMILES string of the molecule is CCCCC(NC(=O)CCC(C)N)c1ccc(OC)cc1.Cl. The van der Waals surface area contributed by atoms with Crippen LogP contribution in [0.15, 0.2) is 24.3 Å². The van der Waals surface area contributed by atoms with Gasteiger partial charge in [0.2, 0.25) is 5.91 Å². The second kappa shape index (κ2) is 11.3. The standard InChI is InChI=1S/C17H28N2O2.ClH/c1-4-5-6-16(19-17(20)12-7-13(2)18)14-8-10-15(21-3)11-9-14;/h8-11,13,16H,4-7,12,18H2,1-3H3,(H,19,20);1H. The lowest BCUT2D eigenvalue weighted by Gasteiger charge is -2.20. The number of hydrogen-bond acceptors (Lipinski definition) is 3. The van der Waals surface area contributed by atoms with E-state index in [9.17, 15) is 4.79 Å². The highest BCUT2D eigenvalue weighted by Gasteiger charge is 2.14. The molecular weight excluding hydrogens is 300 g/mol. The molecule has 0 aromatic heterocycles. The molecule has 2 unspecified atom stereocenters. The second-order valence-electron chi connectivity index (χ2n) is 5.55. The molecule has 1 amide bonds. The van der Waals surface area contributed by atoms with Gasteiger partial charge in [0, 0.05) is 12.5 Å². The maximum Gasteiger partial charge on any atom is 0.220 e. The van der Waals surface area contributed by atoms with Crippen molar-refractivity contribution in [2.75, 3.05) is 7.11 Å². The van der Waals surface area contributed by atoms with Crippen molar-refractivity contribution in [3.63, 3.8) is 0 Å². The number of benzene rings is 1. The molecule has 1 aromatic carbocycles. The van der Waals surface area contributed by atoms with E-state index in [0.29, 0.717) is 6.42 Å². The number of carbonyl (C=O) groups is 1. The average molecular weight is 329 g/mol. The van der Waals surface area contributed by atoms with Gasteiger partial charge in [-0.2, -0.15) is 0 Å². The van der Waals surface area contributed by atoms with Crippen LogP contribution in [0.5, 0.6) is 5.75 Å². The van der Waals surface area contributed by atoms with Crippen molar-refractivity contribution in [1.29, 1.82) is 0 Å². The summed E-state index contributed by atoms with van der Waals surface area (Å²) in [6.45, 7) is 4.08. The number of ether oxygens (including phenoxy) is 1. The van der Waals surface area contributed by atoms with Crippen LogP contribution < -0.4 is 15.8 Å². The van der Waals surface area contributed by atoms with Gasteiger partial charge in [-0.25, -0.2) is 0 Å². The Morgan fingerprint density at radius 1 is 1.27 bits per heavy atom. The lowest BCUT2D eigenvalue weighted by atomic mass is 10.0. The molecule has 22 heavy (non-hydrogen) atoms. The first-order valence-electron chi connectivity index (χ1n) is 7.75. The van der Waals surface area contributed by atoms with Crippen molar-refractivity contribution in [2.45, 2.75) is 58.0 Å². The van der Waals surface area contributed by atoms with Crippen LogP contribution in [0.1, 0.15) is 57.6 Å². The molecule has 1 rings (SSSR count). The predicted molar refractivity (Wildman–Crippen MR) is 93.5 cm³/mol. The molecule has 4 nitrogen and oxygen atoms in total. The number of rotatable bonds is 9. The monoisotopic (exact) mass is 328 g/mol. The number of methoxy groups -OCH3 is 1. The van der Waals surface area contributed by atoms with Crippen molar-refractivity contribution in [3.8, 4) is 5.75 Å². The first-order chi connectivity index (χ1) is 10.1. The summed E-state index contributed by atoms with van der Waals surface area (Å²) in [4.78, 5) is 12.0. The molecule has 2 atom stereocenters. The molecule has 0 bridgehead atoms. The molecule has 1 aromatic rings. The Morgan fingerprint density at radius 3 is 2.41 bits per heavy atom. The topological polar surface area (TPSA) is 64.4 Å². The lowest BCUT2D eigenvalue weighted by Crippen LogP contribution is -2.29. The minimum absolute atomic E-state index is 0. The third kappa shape index (κ3) is 7.66. The van der Waals surface area contributed by atoms with Gasteiger partial charge >= 0.3 is 0 Å². The Kier molecular flexibility index (Phi) is 10.7. The van der Waals surface area contributed by atoms with Gasteiger partial charge in [0.1, 0.15) is 5.75 Å². The van der Waals surface area contributed by atoms with Crippen molar-refractivity contribution >= 4 is 18.3 Å². The maximum atomic E-state index is 12.0. The summed E-state index contributed by atoms with van der Waals surface area (Å²) in [5, 5.41) is 3.13. The lowest BCUT2D eigenvalue weighted by molar-refractivity contribution is -0.122. The molecule has 0 saturated heterocycles. The fraction of sp³-hybridized carbons (Fsp3) is 0.588. The number of nitrogens with two attached hydrogens (primary N) is 1. The highest BCUT2D eigenvalue weighted by Crippen LogP contribution is 2.22. The van der Waals surface area contributed by atoms with Gasteiger partial charge in [-0.1, -0.05) is 31.9 Å². The van der Waals surface area contributed by atoms with Gasteiger partial charge in [0.05, 0.1) is 13.2 Å². The Labute approximate surface area is 140 Å². The molecule has 3 N–H and O–H groups in total. The highest BCUT2D eigenvalue weighted by atomic mass is 35.5. The van der Waals surface area contributed by atoms with Crippen molar-refractivity contribution in [2.24, 2.45) is 5.73 Å². The Bertz CT molecular complexity index is 421. The van der Waals surface area contributed by atoms with Crippen LogP contribution in [0.25, 0.3) is 0 Å². The van der Waals surface area contributed by atoms with E-state index in [4.69, 9.17) is 10.5 Å². The van der Waals surface area contributed by atoms with Crippen LogP contribution in [-0.2, 0) is 4.79 Å². The fourth-order valence-electron chi connectivity index (χ4n) is 2.19. The number of nitrogens with one attached hydrogen (secondary N) is 1. The molecule has 0 aliphatic carbocycles. The zero-order valence-corrected chi connectivity index (χ0v) is 14.6. The average Bonchev–Trinajstić information content (AvgIpc) is 2.49. The summed E-state index contributed by atoms with van der Waals surface area (Å²) >= 11 is 0. The first-order valence-corrected chi connectivity index (χ1v) is 7.75.